The van der Waals surface area contributed by atoms with Crippen LogP contribution in [0.2, 0.25) is 0 Å². The third kappa shape index (κ3) is 3.03. The molecular weight excluding hydrogens is 270 g/mol. The van der Waals surface area contributed by atoms with E-state index in [0.717, 1.165) is 35.1 Å². The van der Waals surface area contributed by atoms with Gasteiger partial charge in [-0.25, -0.2) is 8.78 Å². The van der Waals surface area contributed by atoms with Crippen molar-refractivity contribution in [2.75, 3.05) is 6.61 Å². The van der Waals surface area contributed by atoms with Crippen LogP contribution in [0.1, 0.15) is 24.0 Å². The highest BCUT2D eigenvalue weighted by atomic mass is 19.1. The Morgan fingerprint density at radius 3 is 1.62 bits per heavy atom. The Bertz CT molecular complexity index is 605. The second-order valence-electron chi connectivity index (χ2n) is 5.35. The summed E-state index contributed by atoms with van der Waals surface area (Å²) in [5, 5.41) is 9.73. The van der Waals surface area contributed by atoms with Gasteiger partial charge in [0.05, 0.1) is 6.61 Å². The van der Waals surface area contributed by atoms with Gasteiger partial charge in [-0.05, 0) is 65.3 Å². The summed E-state index contributed by atoms with van der Waals surface area (Å²) in [7, 11) is 0. The molecule has 2 aromatic carbocycles. The molecule has 0 aromatic heterocycles. The van der Waals surface area contributed by atoms with Gasteiger partial charge in [-0.1, -0.05) is 24.3 Å². The summed E-state index contributed by atoms with van der Waals surface area (Å²) in [6, 6.07) is 12.4. The zero-order valence-electron chi connectivity index (χ0n) is 11.5. The summed E-state index contributed by atoms with van der Waals surface area (Å²) in [4.78, 5) is 0. The van der Waals surface area contributed by atoms with Gasteiger partial charge in [-0.3, -0.25) is 0 Å². The normalized spacial score (nSPS) is 14.0. The fourth-order valence-electron chi connectivity index (χ4n) is 2.61. The minimum atomic E-state index is -0.297. The Balaban J connectivity index is 2.14. The van der Waals surface area contributed by atoms with E-state index in [1.54, 1.807) is 24.3 Å². The molecule has 0 spiro atoms. The van der Waals surface area contributed by atoms with Crippen molar-refractivity contribution >= 4 is 5.57 Å². The minimum absolute atomic E-state index is 0.0330. The standard InChI is InChI=1S/C18H16F2O/c19-15-7-3-13(4-8-15)18(17(11-21)12-1-2-12)14-5-9-16(20)10-6-14/h3-10,12,21H,1-2,11H2. The lowest BCUT2D eigenvalue weighted by Gasteiger charge is -2.15. The van der Waals surface area contributed by atoms with Crippen LogP contribution in [0.3, 0.4) is 0 Å². The van der Waals surface area contributed by atoms with Gasteiger partial charge < -0.3 is 5.11 Å². The van der Waals surface area contributed by atoms with E-state index < -0.39 is 0 Å². The fraction of sp³-hybridized carbons (Fsp3) is 0.222. The second-order valence-corrected chi connectivity index (χ2v) is 5.35. The summed E-state index contributed by atoms with van der Waals surface area (Å²) in [5.41, 5.74) is 3.53. The van der Waals surface area contributed by atoms with Crippen molar-refractivity contribution < 1.29 is 13.9 Å². The third-order valence-corrected chi connectivity index (χ3v) is 3.83. The molecule has 2 aromatic rings. The summed E-state index contributed by atoms with van der Waals surface area (Å²) in [6.45, 7) is -0.0330. The van der Waals surface area contributed by atoms with Crippen LogP contribution < -0.4 is 0 Å². The van der Waals surface area contributed by atoms with Crippen molar-refractivity contribution in [3.63, 3.8) is 0 Å². The summed E-state index contributed by atoms with van der Waals surface area (Å²) >= 11 is 0. The number of hydrogen-bond acceptors (Lipinski definition) is 1. The van der Waals surface area contributed by atoms with E-state index in [0.29, 0.717) is 5.92 Å². The van der Waals surface area contributed by atoms with Gasteiger partial charge in [0, 0.05) is 0 Å². The Hall–Kier alpha value is -2.00. The van der Waals surface area contributed by atoms with Gasteiger partial charge >= 0.3 is 0 Å². The molecule has 1 N–H and O–H groups in total. The van der Waals surface area contributed by atoms with Crippen molar-refractivity contribution in [2.45, 2.75) is 12.8 Å². The quantitative estimate of drug-likeness (QED) is 0.894. The molecule has 108 valence electrons. The molecule has 3 heteroatoms. The number of aliphatic hydroxyl groups is 1. The number of hydrogen-bond donors (Lipinski definition) is 1. The van der Waals surface area contributed by atoms with Gasteiger partial charge in [0.25, 0.3) is 0 Å². The molecule has 1 saturated carbocycles. The van der Waals surface area contributed by atoms with Gasteiger partial charge in [0.15, 0.2) is 0 Å². The maximum atomic E-state index is 13.1. The zero-order valence-corrected chi connectivity index (χ0v) is 11.5. The summed E-state index contributed by atoms with van der Waals surface area (Å²) in [5.74, 6) is -0.219. The number of aliphatic hydroxyl groups excluding tert-OH is 1. The smallest absolute Gasteiger partial charge is 0.123 e. The van der Waals surface area contributed by atoms with Gasteiger partial charge in [-0.15, -0.1) is 0 Å². The van der Waals surface area contributed by atoms with E-state index in [-0.39, 0.29) is 18.2 Å². The number of halogens is 2. The van der Waals surface area contributed by atoms with Crippen molar-refractivity contribution in [3.8, 4) is 0 Å². The van der Waals surface area contributed by atoms with E-state index in [2.05, 4.69) is 0 Å². The van der Waals surface area contributed by atoms with Crippen molar-refractivity contribution in [1.82, 2.24) is 0 Å². The molecule has 0 saturated heterocycles. The van der Waals surface area contributed by atoms with Crippen LogP contribution >= 0.6 is 0 Å². The van der Waals surface area contributed by atoms with Gasteiger partial charge in [0.1, 0.15) is 11.6 Å². The first kappa shape index (κ1) is 14.0. The SMILES string of the molecule is OCC(=C(c1ccc(F)cc1)c1ccc(F)cc1)C1CC1. The monoisotopic (exact) mass is 286 g/mol. The average Bonchev–Trinajstić information content (AvgIpc) is 3.32. The van der Waals surface area contributed by atoms with Gasteiger partial charge in [-0.2, -0.15) is 0 Å². The first-order chi connectivity index (χ1) is 10.2. The molecule has 1 nitrogen and oxygen atoms in total. The Labute approximate surface area is 122 Å². The van der Waals surface area contributed by atoms with Crippen LogP contribution in [-0.4, -0.2) is 11.7 Å². The van der Waals surface area contributed by atoms with E-state index in [1.807, 2.05) is 0 Å². The summed E-state index contributed by atoms with van der Waals surface area (Å²) < 4.78 is 26.3. The molecule has 1 aliphatic carbocycles. The maximum Gasteiger partial charge on any atom is 0.123 e. The molecule has 1 aliphatic rings. The van der Waals surface area contributed by atoms with Crippen LogP contribution in [-0.2, 0) is 0 Å². The molecule has 0 aliphatic heterocycles. The Morgan fingerprint density at radius 1 is 0.857 bits per heavy atom. The third-order valence-electron chi connectivity index (χ3n) is 3.83. The minimum Gasteiger partial charge on any atom is -0.392 e. The Morgan fingerprint density at radius 2 is 1.29 bits per heavy atom. The van der Waals surface area contributed by atoms with Crippen LogP contribution in [0, 0.1) is 17.6 Å². The first-order valence-corrected chi connectivity index (χ1v) is 7.05. The van der Waals surface area contributed by atoms with E-state index >= 15 is 0 Å². The highest BCUT2D eigenvalue weighted by Crippen LogP contribution is 2.42. The van der Waals surface area contributed by atoms with E-state index in [9.17, 15) is 13.9 Å². The predicted molar refractivity (Wildman–Crippen MR) is 78.6 cm³/mol. The molecule has 21 heavy (non-hydrogen) atoms. The molecule has 0 bridgehead atoms. The van der Waals surface area contributed by atoms with Crippen molar-refractivity contribution in [1.29, 1.82) is 0 Å². The molecule has 1 fully saturated rings. The fourth-order valence-corrected chi connectivity index (χ4v) is 2.61. The molecule has 0 atom stereocenters. The number of benzene rings is 2. The Kier molecular flexibility index (Phi) is 3.84. The lowest BCUT2D eigenvalue weighted by atomic mass is 9.91. The molecular formula is C18H16F2O. The predicted octanol–water partition coefficient (Wildman–Crippen LogP) is 4.17. The van der Waals surface area contributed by atoms with Gasteiger partial charge in [0.2, 0.25) is 0 Å². The highest BCUT2D eigenvalue weighted by molar-refractivity contribution is 5.82. The zero-order chi connectivity index (χ0) is 14.8. The average molecular weight is 286 g/mol. The maximum absolute atomic E-state index is 13.1. The van der Waals surface area contributed by atoms with E-state index in [4.69, 9.17) is 0 Å². The molecule has 0 unspecified atom stereocenters. The van der Waals surface area contributed by atoms with Crippen LogP contribution in [0.15, 0.2) is 54.1 Å². The van der Waals surface area contributed by atoms with Crippen LogP contribution in [0.4, 0.5) is 8.78 Å². The highest BCUT2D eigenvalue weighted by Gasteiger charge is 2.28. The second kappa shape index (κ2) is 5.78. The topological polar surface area (TPSA) is 20.2 Å². The van der Waals surface area contributed by atoms with Crippen molar-refractivity contribution in [2.24, 2.45) is 5.92 Å². The largest absolute Gasteiger partial charge is 0.392 e. The first-order valence-electron chi connectivity index (χ1n) is 7.05. The molecule has 0 amide bonds. The molecule has 0 heterocycles. The lowest BCUT2D eigenvalue weighted by molar-refractivity contribution is 0.325. The van der Waals surface area contributed by atoms with Crippen LogP contribution in [0.25, 0.3) is 5.57 Å². The lowest BCUT2D eigenvalue weighted by Crippen LogP contribution is -2.01. The number of rotatable bonds is 4. The van der Waals surface area contributed by atoms with Crippen LogP contribution in [0.5, 0.6) is 0 Å². The molecule has 0 radical (unpaired) electrons. The van der Waals surface area contributed by atoms with E-state index in [1.165, 1.54) is 24.3 Å². The molecule has 3 rings (SSSR count). The summed E-state index contributed by atoms with van der Waals surface area (Å²) in [6.07, 6.45) is 2.11. The van der Waals surface area contributed by atoms with Crippen molar-refractivity contribution in [3.05, 3.63) is 76.9 Å².